The number of carbonyl (C=O) groups excluding carboxylic acids is 1. The van der Waals surface area contributed by atoms with Crippen molar-refractivity contribution in [2.45, 2.75) is 12.5 Å². The van der Waals surface area contributed by atoms with E-state index >= 15 is 0 Å². The van der Waals surface area contributed by atoms with E-state index in [9.17, 15) is 13.2 Å². The minimum Gasteiger partial charge on any atom is -0.383 e. The number of anilines is 1. The predicted octanol–water partition coefficient (Wildman–Crippen LogP) is 0.0568. The van der Waals surface area contributed by atoms with E-state index in [1.165, 1.54) is 6.20 Å². The van der Waals surface area contributed by atoms with E-state index in [2.05, 4.69) is 15.6 Å². The zero-order valence-electron chi connectivity index (χ0n) is 11.8. The average molecular weight is 313 g/mol. The number of nitrogens with zero attached hydrogens (tertiary/aromatic N) is 1. The first-order valence-corrected chi connectivity index (χ1v) is 8.52. The molecule has 2 N–H and O–H groups in total. The molecule has 1 amide bonds. The zero-order valence-corrected chi connectivity index (χ0v) is 12.6. The molecule has 116 valence electrons. The second-order valence-electron chi connectivity index (χ2n) is 4.92. The number of rotatable bonds is 6. The lowest BCUT2D eigenvalue weighted by atomic mass is 10.2. The number of hydrogen-bond acceptors (Lipinski definition) is 6. The fourth-order valence-electron chi connectivity index (χ4n) is 2.13. The molecule has 0 saturated carbocycles. The Morgan fingerprint density at radius 1 is 1.52 bits per heavy atom. The van der Waals surface area contributed by atoms with Crippen LogP contribution in [0.5, 0.6) is 0 Å². The number of carbonyl (C=O) groups is 1. The molecular formula is C13H19N3O4S. The Balaban J connectivity index is 1.94. The highest BCUT2D eigenvalue weighted by atomic mass is 32.2. The molecular weight excluding hydrogens is 294 g/mol. The summed E-state index contributed by atoms with van der Waals surface area (Å²) in [6, 6.07) is 3.07. The molecule has 21 heavy (non-hydrogen) atoms. The monoisotopic (exact) mass is 313 g/mol. The molecule has 0 spiro atoms. The number of hydrogen-bond donors (Lipinski definition) is 2. The minimum absolute atomic E-state index is 0.00448. The molecule has 1 atom stereocenters. The molecule has 1 unspecified atom stereocenters. The van der Waals surface area contributed by atoms with Crippen molar-refractivity contribution in [2.24, 2.45) is 0 Å². The van der Waals surface area contributed by atoms with E-state index in [1.54, 1.807) is 19.2 Å². The van der Waals surface area contributed by atoms with Gasteiger partial charge in [0.25, 0.3) is 5.91 Å². The maximum atomic E-state index is 12.1. The van der Waals surface area contributed by atoms with Crippen molar-refractivity contribution < 1.29 is 17.9 Å². The van der Waals surface area contributed by atoms with Crippen molar-refractivity contribution in [1.29, 1.82) is 0 Å². The predicted molar refractivity (Wildman–Crippen MR) is 79.1 cm³/mol. The minimum atomic E-state index is -3.01. The van der Waals surface area contributed by atoms with Crippen LogP contribution in [0.2, 0.25) is 0 Å². The van der Waals surface area contributed by atoms with Gasteiger partial charge in [-0.25, -0.2) is 8.42 Å². The van der Waals surface area contributed by atoms with E-state index in [4.69, 9.17) is 4.74 Å². The van der Waals surface area contributed by atoms with E-state index < -0.39 is 9.84 Å². The molecule has 0 aliphatic carbocycles. The van der Waals surface area contributed by atoms with Crippen molar-refractivity contribution in [1.82, 2.24) is 10.3 Å². The Labute approximate surface area is 124 Å². The van der Waals surface area contributed by atoms with Crippen LogP contribution in [0.15, 0.2) is 18.3 Å². The largest absolute Gasteiger partial charge is 0.383 e. The fourth-order valence-corrected chi connectivity index (χ4v) is 3.80. The summed E-state index contributed by atoms with van der Waals surface area (Å²) >= 11 is 0. The number of pyridine rings is 1. The van der Waals surface area contributed by atoms with Gasteiger partial charge in [0, 0.05) is 31.6 Å². The van der Waals surface area contributed by atoms with Gasteiger partial charge in [-0.05, 0) is 18.6 Å². The van der Waals surface area contributed by atoms with Gasteiger partial charge in [-0.15, -0.1) is 0 Å². The molecule has 0 radical (unpaired) electrons. The van der Waals surface area contributed by atoms with Gasteiger partial charge < -0.3 is 15.4 Å². The fraction of sp³-hybridized carbons (Fsp3) is 0.538. The summed E-state index contributed by atoms with van der Waals surface area (Å²) in [4.78, 5) is 16.1. The summed E-state index contributed by atoms with van der Waals surface area (Å²) in [6.07, 6.45) is 2.00. The first-order chi connectivity index (χ1) is 10.00. The molecule has 1 aliphatic rings. The quantitative estimate of drug-likeness (QED) is 0.721. The molecule has 2 heterocycles. The molecule has 1 aromatic rings. The smallest absolute Gasteiger partial charge is 0.270 e. The second kappa shape index (κ2) is 6.86. The van der Waals surface area contributed by atoms with Crippen LogP contribution in [0, 0.1) is 0 Å². The summed E-state index contributed by atoms with van der Waals surface area (Å²) in [7, 11) is -1.39. The van der Waals surface area contributed by atoms with Crippen molar-refractivity contribution in [3.05, 3.63) is 24.0 Å². The maximum absolute atomic E-state index is 12.1. The second-order valence-corrected chi connectivity index (χ2v) is 7.15. The first kappa shape index (κ1) is 15.7. The lowest BCUT2D eigenvalue weighted by Gasteiger charge is -2.11. The van der Waals surface area contributed by atoms with Crippen molar-refractivity contribution >= 4 is 21.4 Å². The summed E-state index contributed by atoms with van der Waals surface area (Å²) in [5, 5.41) is 5.82. The summed E-state index contributed by atoms with van der Waals surface area (Å²) in [6.45, 7) is 1.19. The topological polar surface area (TPSA) is 97.4 Å². The maximum Gasteiger partial charge on any atom is 0.270 e. The van der Waals surface area contributed by atoms with Crippen LogP contribution in [0.4, 0.5) is 5.69 Å². The summed E-state index contributed by atoms with van der Waals surface area (Å²) < 4.78 is 27.7. The van der Waals surface area contributed by atoms with Crippen molar-refractivity contribution in [3.63, 3.8) is 0 Å². The number of methoxy groups -OCH3 is 1. The highest BCUT2D eigenvalue weighted by Gasteiger charge is 2.29. The highest BCUT2D eigenvalue weighted by Crippen LogP contribution is 2.13. The summed E-state index contributed by atoms with van der Waals surface area (Å²) in [5.41, 5.74) is 1.04. The van der Waals surface area contributed by atoms with Gasteiger partial charge in [-0.1, -0.05) is 0 Å². The van der Waals surface area contributed by atoms with Gasteiger partial charge in [0.05, 0.1) is 18.1 Å². The Morgan fingerprint density at radius 2 is 2.33 bits per heavy atom. The summed E-state index contributed by atoms with van der Waals surface area (Å²) in [5.74, 6) is -0.221. The van der Waals surface area contributed by atoms with Gasteiger partial charge in [0.15, 0.2) is 9.84 Å². The molecule has 1 aromatic heterocycles. The van der Waals surface area contributed by atoms with Gasteiger partial charge in [0.1, 0.15) is 5.69 Å². The molecule has 2 rings (SSSR count). The average Bonchev–Trinajstić information content (AvgIpc) is 2.78. The van der Waals surface area contributed by atoms with Crippen LogP contribution in [-0.2, 0) is 14.6 Å². The van der Waals surface area contributed by atoms with Crippen LogP contribution >= 0.6 is 0 Å². The standard InChI is InChI=1S/C13H19N3O4S/c1-20-6-5-14-10-2-4-15-12(8-10)13(17)16-11-3-7-21(18,19)9-11/h2,4,8,11H,3,5-7,9H2,1H3,(H,14,15)(H,16,17). The Bertz CT molecular complexity index is 603. The number of amides is 1. The van der Waals surface area contributed by atoms with Crippen LogP contribution in [0.3, 0.4) is 0 Å². The zero-order chi connectivity index (χ0) is 15.3. The van der Waals surface area contributed by atoms with Gasteiger partial charge in [0.2, 0.25) is 0 Å². The van der Waals surface area contributed by atoms with E-state index in [0.717, 1.165) is 5.69 Å². The third-order valence-corrected chi connectivity index (χ3v) is 4.96. The van der Waals surface area contributed by atoms with Crippen LogP contribution in [0.1, 0.15) is 16.9 Å². The third-order valence-electron chi connectivity index (χ3n) is 3.20. The molecule has 0 aromatic carbocycles. The highest BCUT2D eigenvalue weighted by molar-refractivity contribution is 7.91. The first-order valence-electron chi connectivity index (χ1n) is 6.70. The normalized spacial score (nSPS) is 20.1. The Morgan fingerprint density at radius 3 is 3.00 bits per heavy atom. The Hall–Kier alpha value is -1.67. The lowest BCUT2D eigenvalue weighted by Crippen LogP contribution is -2.36. The SMILES string of the molecule is COCCNc1ccnc(C(=O)NC2CCS(=O)(=O)C2)c1. The number of aromatic nitrogens is 1. The van der Waals surface area contributed by atoms with E-state index in [1.807, 2.05) is 0 Å². The number of ether oxygens (including phenoxy) is 1. The van der Waals surface area contributed by atoms with Crippen LogP contribution in [-0.4, -0.2) is 57.1 Å². The van der Waals surface area contributed by atoms with Gasteiger partial charge >= 0.3 is 0 Å². The lowest BCUT2D eigenvalue weighted by molar-refractivity contribution is 0.0936. The van der Waals surface area contributed by atoms with E-state index in [-0.39, 0.29) is 29.1 Å². The number of sulfone groups is 1. The number of nitrogens with one attached hydrogen (secondary N) is 2. The van der Waals surface area contributed by atoms with Gasteiger partial charge in [-0.2, -0.15) is 0 Å². The molecule has 8 heteroatoms. The molecule has 1 saturated heterocycles. The van der Waals surface area contributed by atoms with E-state index in [0.29, 0.717) is 19.6 Å². The molecule has 1 aliphatic heterocycles. The van der Waals surface area contributed by atoms with Crippen molar-refractivity contribution in [3.8, 4) is 0 Å². The van der Waals surface area contributed by atoms with Crippen molar-refractivity contribution in [2.75, 3.05) is 37.1 Å². The molecule has 1 fully saturated rings. The Kier molecular flexibility index (Phi) is 5.13. The van der Waals surface area contributed by atoms with Gasteiger partial charge in [-0.3, -0.25) is 9.78 Å². The third kappa shape index (κ3) is 4.68. The molecule has 0 bridgehead atoms. The van der Waals surface area contributed by atoms with Crippen LogP contribution < -0.4 is 10.6 Å². The molecule has 7 nitrogen and oxygen atoms in total. The van der Waals surface area contributed by atoms with Crippen LogP contribution in [0.25, 0.3) is 0 Å².